The van der Waals surface area contributed by atoms with Gasteiger partial charge in [-0.2, -0.15) is 0 Å². The molecule has 158 valence electrons. The number of aromatic nitrogens is 2. The van der Waals surface area contributed by atoms with Gasteiger partial charge in [0.25, 0.3) is 0 Å². The zero-order valence-electron chi connectivity index (χ0n) is 17.1. The van der Waals surface area contributed by atoms with Gasteiger partial charge in [-0.3, -0.25) is 13.7 Å². The molecule has 1 aromatic heterocycles. The smallest absolute Gasteiger partial charge is 0.231 e. The first-order valence-corrected chi connectivity index (χ1v) is 12.4. The highest BCUT2D eigenvalue weighted by molar-refractivity contribution is 7.99. The molecule has 0 aliphatic heterocycles. The Morgan fingerprint density at radius 2 is 1.61 bits per heavy atom. The summed E-state index contributed by atoms with van der Waals surface area (Å²) < 4.78 is 26.6. The number of carbonyl (C=O) groups is 1. The van der Waals surface area contributed by atoms with E-state index in [9.17, 15) is 13.2 Å². The van der Waals surface area contributed by atoms with Crippen LogP contribution in [0.3, 0.4) is 0 Å². The predicted molar refractivity (Wildman–Crippen MR) is 126 cm³/mol. The highest BCUT2D eigenvalue weighted by Crippen LogP contribution is 2.28. The third-order valence-electron chi connectivity index (χ3n) is 4.93. The molecule has 4 aromatic rings. The van der Waals surface area contributed by atoms with Crippen molar-refractivity contribution in [2.75, 3.05) is 23.4 Å². The molecule has 0 unspecified atom stereocenters. The normalized spacial score (nSPS) is 11.5. The minimum absolute atomic E-state index is 0.0507. The number of carbonyl (C=O) groups excluding carboxylic acids is 1. The second kappa shape index (κ2) is 8.56. The number of anilines is 1. The predicted octanol–water partition coefficient (Wildman–Crippen LogP) is 4.40. The lowest BCUT2D eigenvalue weighted by Crippen LogP contribution is -2.24. The number of fused-ring (bicyclic) bond motifs is 1. The van der Waals surface area contributed by atoms with Gasteiger partial charge in [0.2, 0.25) is 10.0 Å². The number of nitrogens with zero attached hydrogens (tertiary/aromatic N) is 3. The largest absolute Gasteiger partial charge is 0.293 e. The monoisotopic (exact) mass is 451 g/mol. The van der Waals surface area contributed by atoms with Crippen LogP contribution in [0.25, 0.3) is 16.7 Å². The van der Waals surface area contributed by atoms with Gasteiger partial charge in [0.15, 0.2) is 10.9 Å². The maximum absolute atomic E-state index is 12.8. The number of Topliss-reactive ketones (excluding diaryl/α,β-unsaturated/α-hetero) is 1. The molecule has 31 heavy (non-hydrogen) atoms. The van der Waals surface area contributed by atoms with Crippen LogP contribution >= 0.6 is 11.8 Å². The van der Waals surface area contributed by atoms with Crippen LogP contribution in [0.1, 0.15) is 10.4 Å². The van der Waals surface area contributed by atoms with Crippen LogP contribution < -0.4 is 4.31 Å². The number of para-hydroxylation sites is 3. The van der Waals surface area contributed by atoms with Crippen molar-refractivity contribution in [1.29, 1.82) is 0 Å². The van der Waals surface area contributed by atoms with E-state index in [-0.39, 0.29) is 11.5 Å². The summed E-state index contributed by atoms with van der Waals surface area (Å²) in [6, 6.07) is 24.4. The quantitative estimate of drug-likeness (QED) is 0.308. The lowest BCUT2D eigenvalue weighted by Gasteiger charge is -2.16. The number of hydrogen-bond donors (Lipinski definition) is 0. The Hall–Kier alpha value is -3.10. The van der Waals surface area contributed by atoms with Crippen molar-refractivity contribution < 1.29 is 13.2 Å². The molecule has 0 fully saturated rings. The maximum Gasteiger partial charge on any atom is 0.231 e. The Labute approximate surface area is 185 Å². The van der Waals surface area contributed by atoms with Crippen LogP contribution in [-0.4, -0.2) is 42.8 Å². The maximum atomic E-state index is 12.8. The van der Waals surface area contributed by atoms with Gasteiger partial charge in [-0.25, -0.2) is 13.4 Å². The highest BCUT2D eigenvalue weighted by Gasteiger charge is 2.16. The van der Waals surface area contributed by atoms with E-state index >= 15 is 0 Å². The Balaban J connectivity index is 1.56. The van der Waals surface area contributed by atoms with Crippen LogP contribution in [-0.2, 0) is 10.0 Å². The zero-order valence-corrected chi connectivity index (χ0v) is 18.7. The van der Waals surface area contributed by atoms with Gasteiger partial charge in [-0.05, 0) is 48.5 Å². The molecule has 0 spiro atoms. The molecule has 0 aliphatic carbocycles. The van der Waals surface area contributed by atoms with Crippen molar-refractivity contribution in [2.45, 2.75) is 5.16 Å². The fraction of sp³-hybridized carbons (Fsp3) is 0.130. The molecule has 0 saturated carbocycles. The SMILES string of the molecule is CN(c1ccc(C(=O)CSc2nc3ccccc3n2-c2ccccc2)cc1)S(C)(=O)=O. The molecule has 0 atom stereocenters. The first-order valence-electron chi connectivity index (χ1n) is 9.57. The van der Waals surface area contributed by atoms with Crippen LogP contribution in [0.2, 0.25) is 0 Å². The average molecular weight is 452 g/mol. The molecule has 0 saturated heterocycles. The Kier molecular flexibility index (Phi) is 5.84. The van der Waals surface area contributed by atoms with E-state index in [0.29, 0.717) is 11.3 Å². The molecule has 3 aromatic carbocycles. The number of rotatable bonds is 7. The Morgan fingerprint density at radius 3 is 2.29 bits per heavy atom. The number of benzene rings is 3. The lowest BCUT2D eigenvalue weighted by atomic mass is 10.1. The summed E-state index contributed by atoms with van der Waals surface area (Å²) >= 11 is 1.38. The molecule has 0 bridgehead atoms. The van der Waals surface area contributed by atoms with Crippen LogP contribution in [0.4, 0.5) is 5.69 Å². The second-order valence-corrected chi connectivity index (χ2v) is 10.00. The van der Waals surface area contributed by atoms with Gasteiger partial charge in [0.05, 0.1) is 28.7 Å². The highest BCUT2D eigenvalue weighted by atomic mass is 32.2. The summed E-state index contributed by atoms with van der Waals surface area (Å²) in [5.74, 6) is 0.169. The van der Waals surface area contributed by atoms with Gasteiger partial charge in [0.1, 0.15) is 0 Å². The van der Waals surface area contributed by atoms with E-state index in [0.717, 1.165) is 28.1 Å². The van der Waals surface area contributed by atoms with E-state index in [2.05, 4.69) is 4.57 Å². The molecule has 0 aliphatic rings. The van der Waals surface area contributed by atoms with Crippen molar-refractivity contribution >= 4 is 44.3 Å². The Morgan fingerprint density at radius 1 is 0.968 bits per heavy atom. The molecule has 0 amide bonds. The van der Waals surface area contributed by atoms with Gasteiger partial charge < -0.3 is 0 Å². The van der Waals surface area contributed by atoms with Crippen molar-refractivity contribution in [3.63, 3.8) is 0 Å². The summed E-state index contributed by atoms with van der Waals surface area (Å²) in [5, 5.41) is 0.745. The third-order valence-corrected chi connectivity index (χ3v) is 7.07. The summed E-state index contributed by atoms with van der Waals surface area (Å²) in [7, 11) is -1.86. The fourth-order valence-electron chi connectivity index (χ4n) is 3.19. The van der Waals surface area contributed by atoms with Gasteiger partial charge in [0, 0.05) is 18.3 Å². The number of hydrogen-bond acceptors (Lipinski definition) is 5. The van der Waals surface area contributed by atoms with Crippen molar-refractivity contribution in [3.05, 3.63) is 84.4 Å². The molecule has 0 radical (unpaired) electrons. The summed E-state index contributed by atoms with van der Waals surface area (Å²) in [4.78, 5) is 17.5. The number of thioether (sulfide) groups is 1. The summed E-state index contributed by atoms with van der Waals surface area (Å²) in [6.07, 6.45) is 1.14. The van der Waals surface area contributed by atoms with Crippen LogP contribution in [0.15, 0.2) is 84.0 Å². The minimum Gasteiger partial charge on any atom is -0.293 e. The first-order chi connectivity index (χ1) is 14.8. The minimum atomic E-state index is -3.35. The van der Waals surface area contributed by atoms with E-state index in [1.165, 1.54) is 23.1 Å². The lowest BCUT2D eigenvalue weighted by molar-refractivity contribution is 0.102. The number of sulfonamides is 1. The second-order valence-electron chi connectivity index (χ2n) is 7.04. The van der Waals surface area contributed by atoms with Crippen LogP contribution in [0.5, 0.6) is 0 Å². The molecule has 4 rings (SSSR count). The third kappa shape index (κ3) is 4.50. The van der Waals surface area contributed by atoms with E-state index in [1.54, 1.807) is 24.3 Å². The standard InChI is InChI=1S/C23H21N3O3S2/c1-25(31(2,28)29)18-14-12-17(13-15-18)22(27)16-30-23-24-20-10-6-7-11-21(20)26(23)19-8-4-3-5-9-19/h3-15H,16H2,1-2H3. The zero-order chi connectivity index (χ0) is 22.0. The van der Waals surface area contributed by atoms with Crippen molar-refractivity contribution in [3.8, 4) is 5.69 Å². The van der Waals surface area contributed by atoms with Gasteiger partial charge in [-0.15, -0.1) is 0 Å². The van der Waals surface area contributed by atoms with E-state index < -0.39 is 10.0 Å². The molecular weight excluding hydrogens is 430 g/mol. The molecular formula is C23H21N3O3S2. The first kappa shape index (κ1) is 21.1. The molecule has 0 N–H and O–H groups in total. The van der Waals surface area contributed by atoms with Crippen LogP contribution in [0, 0.1) is 0 Å². The molecule has 6 nitrogen and oxygen atoms in total. The fourth-order valence-corrected chi connectivity index (χ4v) is 4.62. The average Bonchev–Trinajstić information content (AvgIpc) is 3.15. The van der Waals surface area contributed by atoms with E-state index in [4.69, 9.17) is 4.98 Å². The van der Waals surface area contributed by atoms with Gasteiger partial charge >= 0.3 is 0 Å². The van der Waals surface area contributed by atoms with Crippen molar-refractivity contribution in [1.82, 2.24) is 9.55 Å². The van der Waals surface area contributed by atoms with Gasteiger partial charge in [-0.1, -0.05) is 42.1 Å². The summed E-state index contributed by atoms with van der Waals surface area (Å²) in [5.41, 5.74) is 3.88. The van der Waals surface area contributed by atoms with Crippen molar-refractivity contribution in [2.24, 2.45) is 0 Å². The topological polar surface area (TPSA) is 72.3 Å². The van der Waals surface area contributed by atoms with E-state index in [1.807, 2.05) is 54.6 Å². The number of imidazole rings is 1. The molecule has 1 heterocycles. The summed E-state index contributed by atoms with van der Waals surface area (Å²) in [6.45, 7) is 0. The Bertz CT molecular complexity index is 1330. The molecule has 8 heteroatoms. The number of ketones is 1.